The highest BCUT2D eigenvalue weighted by Crippen LogP contribution is 2.32. The van der Waals surface area contributed by atoms with Crippen molar-refractivity contribution < 1.29 is 36.0 Å². The number of methoxy groups -OCH3 is 1. The van der Waals surface area contributed by atoms with Gasteiger partial charge in [-0.2, -0.15) is 13.5 Å². The molecule has 2 aliphatic rings. The number of carbonyl (C=O) groups is 3. The number of hydroxylamine groups is 2. The van der Waals surface area contributed by atoms with Crippen LogP contribution in [0.3, 0.4) is 0 Å². The summed E-state index contributed by atoms with van der Waals surface area (Å²) < 4.78 is 38.9. The van der Waals surface area contributed by atoms with Gasteiger partial charge in [-0.1, -0.05) is 13.8 Å². The number of hydrogen-bond donors (Lipinski definition) is 1. The number of ether oxygens (including phenoxy) is 1. The van der Waals surface area contributed by atoms with Crippen molar-refractivity contribution in [2.45, 2.75) is 51.6 Å². The normalized spacial score (nSPS) is 22.9. The van der Waals surface area contributed by atoms with Gasteiger partial charge in [-0.05, 0) is 25.7 Å². The smallest absolute Gasteiger partial charge is 0.421 e. The van der Waals surface area contributed by atoms with Crippen molar-refractivity contribution >= 4 is 28.3 Å². The molecule has 0 aromatic heterocycles. The van der Waals surface area contributed by atoms with E-state index in [4.69, 9.17) is 18.9 Å². The number of fused-ring (bicyclic) bond motifs is 2. The van der Waals surface area contributed by atoms with Gasteiger partial charge in [0.25, 0.3) is 0 Å². The lowest BCUT2D eigenvalue weighted by Crippen LogP contribution is -2.47. The Kier molecular flexibility index (Phi) is 6.32. The Hall–Kier alpha value is -1.92. The van der Waals surface area contributed by atoms with E-state index in [9.17, 15) is 22.8 Å². The van der Waals surface area contributed by atoms with Crippen LogP contribution in [0.5, 0.6) is 0 Å². The number of hydrogen-bond acceptors (Lipinski definition) is 8. The maximum atomic E-state index is 12.4. The fourth-order valence-corrected chi connectivity index (χ4v) is 4.14. The van der Waals surface area contributed by atoms with E-state index < -0.39 is 52.4 Å². The standard InChI is InChI=1S/C15H25N3O8S/c1-4-15(5-2,13(20)24-3)9-25-27(22,23)26-18-10-6-7-11(12(16)19)17(8-10)14(18)21/h10-11H,4-9H2,1-3H3,(H2,16,19). The van der Waals surface area contributed by atoms with E-state index in [0.29, 0.717) is 30.7 Å². The SMILES string of the molecule is CCC(CC)(COS(=O)(=O)ON1C(=O)N2CC1CCC2C(N)=O)C(=O)OC. The second-order valence-electron chi connectivity index (χ2n) is 6.63. The van der Waals surface area contributed by atoms with Gasteiger partial charge in [0.1, 0.15) is 6.04 Å². The summed E-state index contributed by atoms with van der Waals surface area (Å²) in [5.41, 5.74) is 4.13. The molecule has 2 atom stereocenters. The summed E-state index contributed by atoms with van der Waals surface area (Å²) in [4.78, 5) is 37.0. The maximum Gasteiger partial charge on any atom is 0.421 e. The van der Waals surface area contributed by atoms with E-state index in [1.165, 1.54) is 12.0 Å². The Bertz CT molecular complexity index is 706. The third kappa shape index (κ3) is 4.17. The van der Waals surface area contributed by atoms with Gasteiger partial charge < -0.3 is 15.4 Å². The van der Waals surface area contributed by atoms with Crippen molar-refractivity contribution in [3.05, 3.63) is 0 Å². The van der Waals surface area contributed by atoms with Crippen LogP contribution in [0.2, 0.25) is 0 Å². The molecule has 12 heteroatoms. The van der Waals surface area contributed by atoms with Crippen LogP contribution in [0.4, 0.5) is 4.79 Å². The number of rotatable bonds is 9. The predicted molar refractivity (Wildman–Crippen MR) is 90.9 cm³/mol. The van der Waals surface area contributed by atoms with Gasteiger partial charge in [0, 0.05) is 6.54 Å². The van der Waals surface area contributed by atoms with Crippen molar-refractivity contribution in [2.24, 2.45) is 11.1 Å². The van der Waals surface area contributed by atoms with Gasteiger partial charge in [0.15, 0.2) is 0 Å². The third-order valence-corrected chi connectivity index (χ3v) is 6.02. The molecule has 0 aromatic carbocycles. The van der Waals surface area contributed by atoms with Crippen molar-refractivity contribution in [1.82, 2.24) is 9.96 Å². The van der Waals surface area contributed by atoms with E-state index in [0.717, 1.165) is 0 Å². The Morgan fingerprint density at radius 2 is 1.89 bits per heavy atom. The van der Waals surface area contributed by atoms with Gasteiger partial charge in [-0.3, -0.25) is 9.59 Å². The number of piperidine rings is 1. The van der Waals surface area contributed by atoms with Gasteiger partial charge >= 0.3 is 22.4 Å². The Morgan fingerprint density at radius 3 is 2.41 bits per heavy atom. The molecule has 2 heterocycles. The minimum absolute atomic E-state index is 0.137. The molecule has 0 saturated carbocycles. The first-order valence-corrected chi connectivity index (χ1v) is 10.0. The largest absolute Gasteiger partial charge is 0.469 e. The summed E-state index contributed by atoms with van der Waals surface area (Å²) in [5, 5.41) is 0.690. The number of urea groups is 1. The summed E-state index contributed by atoms with van der Waals surface area (Å²) in [5.74, 6) is -1.25. The van der Waals surface area contributed by atoms with Crippen molar-refractivity contribution in [3.63, 3.8) is 0 Å². The zero-order valence-corrected chi connectivity index (χ0v) is 16.4. The van der Waals surface area contributed by atoms with Gasteiger partial charge in [-0.15, -0.1) is 4.28 Å². The Labute approximate surface area is 158 Å². The fourth-order valence-electron chi connectivity index (χ4n) is 3.35. The highest BCUT2D eigenvalue weighted by Gasteiger charge is 2.49. The number of nitrogens with two attached hydrogens (primary N) is 1. The summed E-state index contributed by atoms with van der Waals surface area (Å²) >= 11 is 0. The highest BCUT2D eigenvalue weighted by molar-refractivity contribution is 7.81. The van der Waals surface area contributed by atoms with Crippen LogP contribution < -0.4 is 5.73 Å². The van der Waals surface area contributed by atoms with Gasteiger partial charge in [-0.25, -0.2) is 8.98 Å². The van der Waals surface area contributed by atoms with E-state index >= 15 is 0 Å². The van der Waals surface area contributed by atoms with E-state index in [-0.39, 0.29) is 6.54 Å². The lowest BCUT2D eigenvalue weighted by atomic mass is 9.83. The lowest BCUT2D eigenvalue weighted by molar-refractivity contribution is -0.155. The molecule has 2 bridgehead atoms. The molecule has 2 aliphatic heterocycles. The number of carbonyl (C=O) groups excluding carboxylic acids is 3. The van der Waals surface area contributed by atoms with Crippen molar-refractivity contribution in [1.29, 1.82) is 0 Å². The summed E-state index contributed by atoms with van der Waals surface area (Å²) in [7, 11) is -3.41. The molecule has 154 valence electrons. The van der Waals surface area contributed by atoms with E-state index in [2.05, 4.69) is 0 Å². The number of esters is 1. The molecule has 3 amide bonds. The predicted octanol–water partition coefficient (Wildman–Crippen LogP) is -0.0873. The van der Waals surface area contributed by atoms with Gasteiger partial charge in [0.2, 0.25) is 5.91 Å². The average Bonchev–Trinajstić information content (AvgIpc) is 2.86. The minimum Gasteiger partial charge on any atom is -0.469 e. The molecule has 0 spiro atoms. The average molecular weight is 407 g/mol. The Balaban J connectivity index is 2.07. The number of primary amides is 1. The van der Waals surface area contributed by atoms with Crippen LogP contribution >= 0.6 is 0 Å². The van der Waals surface area contributed by atoms with E-state index in [1.807, 2.05) is 0 Å². The first kappa shape index (κ1) is 21.4. The molecule has 0 aliphatic carbocycles. The molecule has 2 fully saturated rings. The zero-order valence-electron chi connectivity index (χ0n) is 15.5. The van der Waals surface area contributed by atoms with Gasteiger partial charge in [0.05, 0.1) is 25.2 Å². The molecule has 2 N–H and O–H groups in total. The van der Waals surface area contributed by atoms with Crippen LogP contribution in [-0.4, -0.2) is 68.6 Å². The molecule has 0 radical (unpaired) electrons. The fraction of sp³-hybridized carbons (Fsp3) is 0.800. The maximum absolute atomic E-state index is 12.4. The second-order valence-corrected chi connectivity index (χ2v) is 7.84. The highest BCUT2D eigenvalue weighted by atomic mass is 32.3. The number of amides is 3. The first-order valence-electron chi connectivity index (χ1n) is 8.67. The molecule has 0 aromatic rings. The van der Waals surface area contributed by atoms with Crippen LogP contribution in [0.1, 0.15) is 39.5 Å². The molecule has 2 rings (SSSR count). The quantitative estimate of drug-likeness (QED) is 0.522. The molecule has 11 nitrogen and oxygen atoms in total. The lowest BCUT2D eigenvalue weighted by Gasteiger charge is -2.28. The van der Waals surface area contributed by atoms with Crippen LogP contribution in [-0.2, 0) is 33.2 Å². The summed E-state index contributed by atoms with van der Waals surface area (Å²) in [6.07, 6.45) is 1.28. The van der Waals surface area contributed by atoms with Crippen molar-refractivity contribution in [2.75, 3.05) is 20.3 Å². The second kappa shape index (κ2) is 7.98. The van der Waals surface area contributed by atoms with E-state index in [1.54, 1.807) is 13.8 Å². The topological polar surface area (TPSA) is 146 Å². The molecule has 2 unspecified atom stereocenters. The van der Waals surface area contributed by atoms with Crippen LogP contribution in [0.25, 0.3) is 0 Å². The Morgan fingerprint density at radius 1 is 1.26 bits per heavy atom. The minimum atomic E-state index is -4.61. The number of nitrogens with zero attached hydrogens (tertiary/aromatic N) is 2. The summed E-state index contributed by atoms with van der Waals surface area (Å²) in [6, 6.07) is -2.09. The van der Waals surface area contributed by atoms with Crippen LogP contribution in [0, 0.1) is 5.41 Å². The molecule has 2 saturated heterocycles. The van der Waals surface area contributed by atoms with Crippen molar-refractivity contribution in [3.8, 4) is 0 Å². The zero-order chi connectivity index (χ0) is 20.4. The van der Waals surface area contributed by atoms with Crippen LogP contribution in [0.15, 0.2) is 0 Å². The molecular weight excluding hydrogens is 382 g/mol. The molecular formula is C15H25N3O8S. The third-order valence-electron chi connectivity index (χ3n) is 5.27. The summed E-state index contributed by atoms with van der Waals surface area (Å²) in [6.45, 7) is 3.08. The first-order chi connectivity index (χ1) is 12.6. The molecule has 27 heavy (non-hydrogen) atoms. The monoisotopic (exact) mass is 407 g/mol.